The Hall–Kier alpha value is -2.75. The molecule has 1 aromatic heterocycles. The molecule has 0 saturated carbocycles. The van der Waals surface area contributed by atoms with Crippen LogP contribution in [0.2, 0.25) is 0 Å². The van der Waals surface area contributed by atoms with Crippen molar-refractivity contribution in [3.8, 4) is 5.75 Å². The minimum absolute atomic E-state index is 0.0613. The molecular weight excluding hydrogens is 302 g/mol. The van der Waals surface area contributed by atoms with Gasteiger partial charge in [0.25, 0.3) is 5.91 Å². The summed E-state index contributed by atoms with van der Waals surface area (Å²) in [4.78, 5) is 12.8. The van der Waals surface area contributed by atoms with Gasteiger partial charge in [-0.05, 0) is 26.0 Å². The molecule has 0 radical (unpaired) electrons. The fraction of sp³-hybridized carbons (Fsp3) is 0.250. The number of hydrogen-bond acceptors (Lipinski definition) is 3. The quantitative estimate of drug-likeness (QED) is 0.765. The number of carbonyl (C=O) groups excluding carboxylic acids is 1. The van der Waals surface area contributed by atoms with Gasteiger partial charge in [-0.1, -0.05) is 35.9 Å². The van der Waals surface area contributed by atoms with E-state index in [4.69, 9.17) is 9.15 Å². The van der Waals surface area contributed by atoms with Crippen molar-refractivity contribution in [2.45, 2.75) is 26.3 Å². The van der Waals surface area contributed by atoms with Crippen LogP contribution in [0, 0.1) is 13.8 Å². The van der Waals surface area contributed by atoms with Crippen LogP contribution >= 0.6 is 0 Å². The fourth-order valence-electron chi connectivity index (χ4n) is 3.28. The minimum Gasteiger partial charge on any atom is -0.493 e. The van der Waals surface area contributed by atoms with Gasteiger partial charge in [0.2, 0.25) is 0 Å². The smallest absolute Gasteiger partial charge is 0.287 e. The molecule has 1 N–H and O–H groups in total. The van der Waals surface area contributed by atoms with Gasteiger partial charge in [0, 0.05) is 22.9 Å². The van der Waals surface area contributed by atoms with Gasteiger partial charge in [0.1, 0.15) is 11.3 Å². The SMILES string of the molecule is Cc1ccc2c(c1)C(NC(=O)c1oc3ccccc3c1C)CCO2. The number of nitrogens with one attached hydrogen (secondary N) is 1. The van der Waals surface area contributed by atoms with Crippen molar-refractivity contribution < 1.29 is 13.9 Å². The molecule has 1 aliphatic heterocycles. The van der Waals surface area contributed by atoms with E-state index < -0.39 is 0 Å². The molecule has 0 saturated heterocycles. The fourth-order valence-corrected chi connectivity index (χ4v) is 3.28. The lowest BCUT2D eigenvalue weighted by atomic mass is 9.98. The van der Waals surface area contributed by atoms with E-state index in [1.165, 1.54) is 0 Å². The third-order valence-electron chi connectivity index (χ3n) is 4.56. The van der Waals surface area contributed by atoms with Gasteiger partial charge < -0.3 is 14.5 Å². The van der Waals surface area contributed by atoms with Crippen LogP contribution < -0.4 is 10.1 Å². The number of aryl methyl sites for hydroxylation is 2. The maximum absolute atomic E-state index is 12.8. The second-order valence-corrected chi connectivity index (χ2v) is 6.26. The first-order valence-electron chi connectivity index (χ1n) is 8.16. The number of fused-ring (bicyclic) bond motifs is 2. The Labute approximate surface area is 140 Å². The van der Waals surface area contributed by atoms with Crippen LogP contribution in [-0.4, -0.2) is 12.5 Å². The normalized spacial score (nSPS) is 16.5. The van der Waals surface area contributed by atoms with Gasteiger partial charge in [0.15, 0.2) is 5.76 Å². The van der Waals surface area contributed by atoms with Crippen LogP contribution in [0.5, 0.6) is 5.75 Å². The van der Waals surface area contributed by atoms with E-state index in [-0.39, 0.29) is 11.9 Å². The molecule has 0 spiro atoms. The zero-order chi connectivity index (χ0) is 16.7. The first-order valence-corrected chi connectivity index (χ1v) is 8.16. The molecule has 0 aliphatic carbocycles. The standard InChI is InChI=1S/C20H19NO3/c1-12-7-8-17-15(11-12)16(9-10-23-17)21-20(22)19-13(2)14-5-3-4-6-18(14)24-19/h3-8,11,16H,9-10H2,1-2H3,(H,21,22). The number of rotatable bonds is 2. The van der Waals surface area contributed by atoms with Crippen molar-refractivity contribution in [2.75, 3.05) is 6.61 Å². The predicted octanol–water partition coefficient (Wildman–Crippen LogP) is 4.30. The lowest BCUT2D eigenvalue weighted by molar-refractivity contribution is 0.0898. The van der Waals surface area contributed by atoms with Crippen molar-refractivity contribution in [1.29, 1.82) is 0 Å². The Kier molecular flexibility index (Phi) is 3.53. The van der Waals surface area contributed by atoms with Crippen molar-refractivity contribution in [3.63, 3.8) is 0 Å². The van der Waals surface area contributed by atoms with E-state index in [0.717, 1.165) is 39.8 Å². The number of carbonyl (C=O) groups is 1. The highest BCUT2D eigenvalue weighted by molar-refractivity contribution is 5.99. The van der Waals surface area contributed by atoms with Gasteiger partial charge in [-0.15, -0.1) is 0 Å². The summed E-state index contributed by atoms with van der Waals surface area (Å²) in [5, 5.41) is 4.09. The number of furan rings is 1. The van der Waals surface area contributed by atoms with Crippen molar-refractivity contribution in [2.24, 2.45) is 0 Å². The summed E-state index contributed by atoms with van der Waals surface area (Å²) >= 11 is 0. The summed E-state index contributed by atoms with van der Waals surface area (Å²) < 4.78 is 11.5. The Morgan fingerprint density at radius 3 is 2.83 bits per heavy atom. The van der Waals surface area contributed by atoms with Gasteiger partial charge in [-0.25, -0.2) is 0 Å². The maximum atomic E-state index is 12.8. The second-order valence-electron chi connectivity index (χ2n) is 6.26. The summed E-state index contributed by atoms with van der Waals surface area (Å²) in [6.07, 6.45) is 0.751. The van der Waals surface area contributed by atoms with Gasteiger partial charge >= 0.3 is 0 Å². The van der Waals surface area contributed by atoms with Crippen LogP contribution in [0.4, 0.5) is 0 Å². The first-order chi connectivity index (χ1) is 11.6. The molecule has 0 fully saturated rings. The molecule has 4 rings (SSSR count). The highest BCUT2D eigenvalue weighted by atomic mass is 16.5. The highest BCUT2D eigenvalue weighted by Gasteiger charge is 2.26. The number of benzene rings is 2. The van der Waals surface area contributed by atoms with Crippen LogP contribution in [0.1, 0.15) is 39.7 Å². The van der Waals surface area contributed by atoms with Crippen LogP contribution in [-0.2, 0) is 0 Å². The molecule has 2 aromatic carbocycles. The van der Waals surface area contributed by atoms with Crippen molar-refractivity contribution in [1.82, 2.24) is 5.32 Å². The average Bonchev–Trinajstić information content (AvgIpc) is 2.93. The average molecular weight is 321 g/mol. The molecule has 1 aliphatic rings. The summed E-state index contributed by atoms with van der Waals surface area (Å²) in [5.41, 5.74) is 3.80. The number of hydrogen-bond donors (Lipinski definition) is 1. The Bertz CT molecular complexity index is 926. The molecule has 24 heavy (non-hydrogen) atoms. The molecule has 1 atom stereocenters. The predicted molar refractivity (Wildman–Crippen MR) is 92.4 cm³/mol. The summed E-state index contributed by atoms with van der Waals surface area (Å²) in [7, 11) is 0. The van der Waals surface area contributed by atoms with Gasteiger partial charge in [-0.2, -0.15) is 0 Å². The molecule has 1 amide bonds. The van der Waals surface area contributed by atoms with Crippen LogP contribution in [0.3, 0.4) is 0 Å². The zero-order valence-electron chi connectivity index (χ0n) is 13.8. The zero-order valence-corrected chi connectivity index (χ0v) is 13.8. The van der Waals surface area contributed by atoms with Gasteiger partial charge in [0.05, 0.1) is 12.6 Å². The largest absolute Gasteiger partial charge is 0.493 e. The Morgan fingerprint density at radius 1 is 1.17 bits per heavy atom. The number of ether oxygens (including phenoxy) is 1. The first kappa shape index (κ1) is 14.8. The third-order valence-corrected chi connectivity index (χ3v) is 4.56. The molecule has 4 nitrogen and oxygen atoms in total. The topological polar surface area (TPSA) is 51.5 Å². The van der Waals surface area contributed by atoms with E-state index >= 15 is 0 Å². The minimum atomic E-state index is -0.178. The summed E-state index contributed by atoms with van der Waals surface area (Å²) in [6, 6.07) is 13.7. The molecule has 2 heterocycles. The summed E-state index contributed by atoms with van der Waals surface area (Å²) in [6.45, 7) is 4.56. The Morgan fingerprint density at radius 2 is 2.00 bits per heavy atom. The maximum Gasteiger partial charge on any atom is 0.287 e. The molecule has 4 heteroatoms. The number of para-hydroxylation sites is 1. The molecule has 1 unspecified atom stereocenters. The number of amides is 1. The van der Waals surface area contributed by atoms with Crippen molar-refractivity contribution in [3.05, 3.63) is 64.9 Å². The highest BCUT2D eigenvalue weighted by Crippen LogP contribution is 2.33. The van der Waals surface area contributed by atoms with Crippen molar-refractivity contribution >= 4 is 16.9 Å². The Balaban J connectivity index is 1.65. The molecule has 3 aromatic rings. The van der Waals surface area contributed by atoms with E-state index in [0.29, 0.717) is 12.4 Å². The second kappa shape index (κ2) is 5.71. The van der Waals surface area contributed by atoms with E-state index in [2.05, 4.69) is 11.4 Å². The molecular formula is C20H19NO3. The monoisotopic (exact) mass is 321 g/mol. The summed E-state index contributed by atoms with van der Waals surface area (Å²) in [5.74, 6) is 1.05. The third kappa shape index (κ3) is 2.44. The van der Waals surface area contributed by atoms with E-state index in [9.17, 15) is 4.79 Å². The molecule has 122 valence electrons. The van der Waals surface area contributed by atoms with Crippen LogP contribution in [0.25, 0.3) is 11.0 Å². The lowest BCUT2D eigenvalue weighted by Gasteiger charge is -2.26. The van der Waals surface area contributed by atoms with E-state index in [1.807, 2.05) is 50.2 Å². The lowest BCUT2D eigenvalue weighted by Crippen LogP contribution is -2.32. The van der Waals surface area contributed by atoms with Crippen LogP contribution in [0.15, 0.2) is 46.9 Å². The molecule has 0 bridgehead atoms. The van der Waals surface area contributed by atoms with E-state index in [1.54, 1.807) is 0 Å². The van der Waals surface area contributed by atoms with Gasteiger partial charge in [-0.3, -0.25) is 4.79 Å².